The quantitative estimate of drug-likeness (QED) is 0.819. The maximum absolute atomic E-state index is 12.8. The molecule has 0 spiro atoms. The van der Waals surface area contributed by atoms with Crippen LogP contribution >= 0.6 is 0 Å². The van der Waals surface area contributed by atoms with Crippen molar-refractivity contribution in [1.82, 2.24) is 4.57 Å². The number of hydrogen-bond donors (Lipinski definition) is 0. The SMILES string of the molecule is CC(=O)Cc1cc2ccc(C(F)(F)F)cc2n1C(C)C. The first-order chi connectivity index (χ1) is 9.20. The van der Waals surface area contributed by atoms with Crippen molar-refractivity contribution in [3.63, 3.8) is 0 Å². The van der Waals surface area contributed by atoms with E-state index in [1.807, 2.05) is 13.8 Å². The van der Waals surface area contributed by atoms with Crippen molar-refractivity contribution >= 4 is 16.7 Å². The van der Waals surface area contributed by atoms with Crippen molar-refractivity contribution in [2.75, 3.05) is 0 Å². The molecule has 0 aliphatic carbocycles. The van der Waals surface area contributed by atoms with Crippen molar-refractivity contribution in [2.45, 2.75) is 39.4 Å². The minimum Gasteiger partial charge on any atom is -0.342 e. The number of halogens is 3. The van der Waals surface area contributed by atoms with Crippen LogP contribution in [0.3, 0.4) is 0 Å². The Kier molecular flexibility index (Phi) is 3.63. The van der Waals surface area contributed by atoms with E-state index in [9.17, 15) is 18.0 Å². The molecule has 1 aromatic carbocycles. The molecule has 0 bridgehead atoms. The van der Waals surface area contributed by atoms with Crippen LogP contribution in [0.15, 0.2) is 24.3 Å². The van der Waals surface area contributed by atoms with Crippen LogP contribution in [-0.4, -0.2) is 10.4 Å². The second-order valence-corrected chi connectivity index (χ2v) is 5.25. The molecule has 108 valence electrons. The summed E-state index contributed by atoms with van der Waals surface area (Å²) in [6.45, 7) is 5.26. The van der Waals surface area contributed by atoms with Crippen LogP contribution in [0, 0.1) is 0 Å². The number of nitrogens with zero attached hydrogens (tertiary/aromatic N) is 1. The summed E-state index contributed by atoms with van der Waals surface area (Å²) in [5.74, 6) is -0.00856. The first-order valence-electron chi connectivity index (χ1n) is 6.40. The summed E-state index contributed by atoms with van der Waals surface area (Å²) in [7, 11) is 0. The van der Waals surface area contributed by atoms with Gasteiger partial charge in [0.05, 0.1) is 5.56 Å². The highest BCUT2D eigenvalue weighted by atomic mass is 19.4. The first kappa shape index (κ1) is 14.6. The van der Waals surface area contributed by atoms with E-state index in [4.69, 9.17) is 0 Å². The van der Waals surface area contributed by atoms with Crippen LogP contribution in [-0.2, 0) is 17.4 Å². The van der Waals surface area contributed by atoms with Crippen LogP contribution in [0.2, 0.25) is 0 Å². The van der Waals surface area contributed by atoms with Crippen LogP contribution in [0.1, 0.15) is 38.1 Å². The van der Waals surface area contributed by atoms with Gasteiger partial charge in [0.15, 0.2) is 0 Å². The van der Waals surface area contributed by atoms with E-state index in [2.05, 4.69) is 0 Å². The van der Waals surface area contributed by atoms with Crippen molar-refractivity contribution in [1.29, 1.82) is 0 Å². The summed E-state index contributed by atoms with van der Waals surface area (Å²) in [6, 6.07) is 5.46. The molecule has 2 aromatic rings. The molecule has 2 rings (SSSR count). The lowest BCUT2D eigenvalue weighted by Crippen LogP contribution is -2.09. The normalized spacial score (nSPS) is 12.3. The van der Waals surface area contributed by atoms with Crippen LogP contribution in [0.4, 0.5) is 13.2 Å². The smallest absolute Gasteiger partial charge is 0.342 e. The summed E-state index contributed by atoms with van der Waals surface area (Å²) >= 11 is 0. The number of ketones is 1. The average molecular weight is 283 g/mol. The summed E-state index contributed by atoms with van der Waals surface area (Å²) in [5, 5.41) is 0.725. The number of alkyl halides is 3. The zero-order valence-electron chi connectivity index (χ0n) is 11.6. The number of Topliss-reactive ketones (excluding diaryl/α,β-unsaturated/α-hetero) is 1. The molecule has 1 heterocycles. The second-order valence-electron chi connectivity index (χ2n) is 5.25. The van der Waals surface area contributed by atoms with Gasteiger partial charge in [-0.2, -0.15) is 13.2 Å². The zero-order chi connectivity index (χ0) is 15.1. The fraction of sp³-hybridized carbons (Fsp3) is 0.400. The van der Waals surface area contributed by atoms with Gasteiger partial charge in [-0.3, -0.25) is 4.79 Å². The van der Waals surface area contributed by atoms with Gasteiger partial charge in [-0.15, -0.1) is 0 Å². The number of rotatable bonds is 3. The number of benzene rings is 1. The molecule has 1 aromatic heterocycles. The fourth-order valence-corrected chi connectivity index (χ4v) is 2.46. The molecular formula is C15H16F3NO. The number of hydrogen-bond acceptors (Lipinski definition) is 1. The Bertz CT molecular complexity index is 653. The van der Waals surface area contributed by atoms with Crippen molar-refractivity contribution in [3.8, 4) is 0 Å². The predicted octanol–water partition coefficient (Wildman–Crippen LogP) is 4.37. The van der Waals surface area contributed by atoms with E-state index in [0.29, 0.717) is 5.52 Å². The van der Waals surface area contributed by atoms with Gasteiger partial charge in [-0.1, -0.05) is 6.07 Å². The first-order valence-corrected chi connectivity index (χ1v) is 6.40. The molecule has 0 atom stereocenters. The summed E-state index contributed by atoms with van der Waals surface area (Å²) in [6.07, 6.45) is -4.13. The van der Waals surface area contributed by atoms with Gasteiger partial charge in [0.25, 0.3) is 0 Å². The van der Waals surface area contributed by atoms with Crippen molar-refractivity contribution in [3.05, 3.63) is 35.5 Å². The van der Waals surface area contributed by atoms with Gasteiger partial charge >= 0.3 is 6.18 Å². The third kappa shape index (κ3) is 2.71. The zero-order valence-corrected chi connectivity index (χ0v) is 11.6. The Labute approximate surface area is 115 Å². The molecule has 2 nitrogen and oxygen atoms in total. The molecule has 0 saturated heterocycles. The molecule has 0 aliphatic rings. The number of aromatic nitrogens is 1. The minimum atomic E-state index is -4.36. The molecular weight excluding hydrogens is 267 g/mol. The van der Waals surface area contributed by atoms with Crippen LogP contribution in [0.25, 0.3) is 10.9 Å². The fourth-order valence-electron chi connectivity index (χ4n) is 2.46. The molecule has 0 unspecified atom stereocenters. The Balaban J connectivity index is 2.67. The van der Waals surface area contributed by atoms with Gasteiger partial charge in [-0.05, 0) is 44.4 Å². The third-order valence-electron chi connectivity index (χ3n) is 3.20. The highest BCUT2D eigenvalue weighted by Crippen LogP contribution is 2.33. The largest absolute Gasteiger partial charge is 0.416 e. The van der Waals surface area contributed by atoms with Gasteiger partial charge < -0.3 is 4.57 Å². The third-order valence-corrected chi connectivity index (χ3v) is 3.20. The lowest BCUT2D eigenvalue weighted by atomic mass is 10.1. The van der Waals surface area contributed by atoms with Gasteiger partial charge in [0, 0.05) is 23.7 Å². The Morgan fingerprint density at radius 3 is 2.40 bits per heavy atom. The summed E-state index contributed by atoms with van der Waals surface area (Å²) in [5.41, 5.74) is 0.604. The molecule has 0 aliphatic heterocycles. The van der Waals surface area contributed by atoms with E-state index in [1.54, 1.807) is 10.6 Å². The molecule has 20 heavy (non-hydrogen) atoms. The number of carbonyl (C=O) groups is 1. The number of fused-ring (bicyclic) bond motifs is 1. The molecule has 0 radical (unpaired) electrons. The predicted molar refractivity (Wildman–Crippen MR) is 71.7 cm³/mol. The standard InChI is InChI=1S/C15H16F3NO/c1-9(2)19-13(6-10(3)20)7-11-4-5-12(8-14(11)19)15(16,17)18/h4-5,7-9H,6H2,1-3H3. The van der Waals surface area contributed by atoms with Crippen LogP contribution < -0.4 is 0 Å². The van der Waals surface area contributed by atoms with Gasteiger partial charge in [-0.25, -0.2) is 0 Å². The van der Waals surface area contributed by atoms with Crippen LogP contribution in [0.5, 0.6) is 0 Å². The van der Waals surface area contributed by atoms with E-state index < -0.39 is 11.7 Å². The van der Waals surface area contributed by atoms with Crippen molar-refractivity contribution in [2.24, 2.45) is 0 Å². The maximum atomic E-state index is 12.8. The molecule has 0 saturated carbocycles. The molecule has 0 fully saturated rings. The lowest BCUT2D eigenvalue weighted by Gasteiger charge is -2.15. The van der Waals surface area contributed by atoms with Gasteiger partial charge in [0.2, 0.25) is 0 Å². The summed E-state index contributed by atoms with van der Waals surface area (Å²) in [4.78, 5) is 11.3. The minimum absolute atomic E-state index is 0.00856. The second kappa shape index (κ2) is 4.96. The molecule has 0 amide bonds. The lowest BCUT2D eigenvalue weighted by molar-refractivity contribution is -0.137. The Morgan fingerprint density at radius 1 is 1.25 bits per heavy atom. The summed E-state index contributed by atoms with van der Waals surface area (Å²) < 4.78 is 40.2. The monoisotopic (exact) mass is 283 g/mol. The topological polar surface area (TPSA) is 22.0 Å². The average Bonchev–Trinajstić information content (AvgIpc) is 2.63. The van der Waals surface area contributed by atoms with Crippen molar-refractivity contribution < 1.29 is 18.0 Å². The molecule has 0 N–H and O–H groups in total. The molecule has 5 heteroatoms. The maximum Gasteiger partial charge on any atom is 0.416 e. The van der Waals surface area contributed by atoms with E-state index in [-0.39, 0.29) is 18.2 Å². The van der Waals surface area contributed by atoms with Gasteiger partial charge in [0.1, 0.15) is 5.78 Å². The highest BCUT2D eigenvalue weighted by molar-refractivity contribution is 5.85. The van der Waals surface area contributed by atoms with E-state index in [0.717, 1.165) is 23.2 Å². The Hall–Kier alpha value is -1.78. The Morgan fingerprint density at radius 2 is 1.90 bits per heavy atom. The van der Waals surface area contributed by atoms with E-state index >= 15 is 0 Å². The van der Waals surface area contributed by atoms with E-state index in [1.165, 1.54) is 13.0 Å². The number of carbonyl (C=O) groups excluding carboxylic acids is 1. The highest BCUT2D eigenvalue weighted by Gasteiger charge is 2.31.